The molecule has 0 spiro atoms. The molecule has 0 N–H and O–H groups in total. The van der Waals surface area contributed by atoms with Crippen LogP contribution < -0.4 is 0 Å². The molecular formula is C15H19NO4. The Morgan fingerprint density at radius 1 is 1.20 bits per heavy atom. The largest absolute Gasteiger partial charge is 0.508 e. The Labute approximate surface area is 118 Å². The number of morpholine rings is 1. The standard InChI is InChI=1S/C15H19NO4/c17-15(20-13-14-5-2-1-3-6-14)19-10-4-7-16-8-11-18-12-9-16/h1-7H,8-13H2/b7-4+. The zero-order valence-corrected chi connectivity index (χ0v) is 11.4. The third kappa shape index (κ3) is 5.32. The van der Waals surface area contributed by atoms with E-state index in [9.17, 15) is 4.79 Å². The van der Waals surface area contributed by atoms with Crippen LogP contribution in [0.2, 0.25) is 0 Å². The fourth-order valence-electron chi connectivity index (χ4n) is 1.79. The second-order valence-corrected chi connectivity index (χ2v) is 4.37. The summed E-state index contributed by atoms with van der Waals surface area (Å²) in [6.07, 6.45) is 3.07. The van der Waals surface area contributed by atoms with Gasteiger partial charge in [0.15, 0.2) is 0 Å². The lowest BCUT2D eigenvalue weighted by atomic mass is 10.2. The van der Waals surface area contributed by atoms with Crippen molar-refractivity contribution in [1.82, 2.24) is 4.90 Å². The highest BCUT2D eigenvalue weighted by molar-refractivity contribution is 5.60. The van der Waals surface area contributed by atoms with Crippen LogP contribution in [-0.4, -0.2) is 44.0 Å². The minimum atomic E-state index is -0.652. The second kappa shape index (κ2) is 8.22. The molecule has 1 aliphatic rings. The van der Waals surface area contributed by atoms with Crippen molar-refractivity contribution in [3.05, 3.63) is 48.2 Å². The second-order valence-electron chi connectivity index (χ2n) is 4.37. The third-order valence-corrected chi connectivity index (χ3v) is 2.86. The molecule has 1 fully saturated rings. The van der Waals surface area contributed by atoms with E-state index in [1.54, 1.807) is 6.08 Å². The Balaban J connectivity index is 1.59. The molecule has 1 saturated heterocycles. The molecule has 108 valence electrons. The van der Waals surface area contributed by atoms with E-state index in [0.29, 0.717) is 0 Å². The van der Waals surface area contributed by atoms with Crippen LogP contribution in [0.1, 0.15) is 5.56 Å². The first kappa shape index (κ1) is 14.4. The minimum Gasteiger partial charge on any atom is -0.430 e. The molecule has 0 amide bonds. The van der Waals surface area contributed by atoms with Gasteiger partial charge < -0.3 is 19.1 Å². The third-order valence-electron chi connectivity index (χ3n) is 2.86. The highest BCUT2D eigenvalue weighted by Gasteiger charge is 2.05. The minimum absolute atomic E-state index is 0.213. The SMILES string of the molecule is O=C(OC/C=C/N1CCOCC1)OCc1ccccc1. The number of carbonyl (C=O) groups excluding carboxylic acids is 1. The average molecular weight is 277 g/mol. The van der Waals surface area contributed by atoms with Gasteiger partial charge in [0.05, 0.1) is 13.2 Å². The summed E-state index contributed by atoms with van der Waals surface area (Å²) in [7, 11) is 0. The summed E-state index contributed by atoms with van der Waals surface area (Å²) in [4.78, 5) is 13.5. The van der Waals surface area contributed by atoms with E-state index in [4.69, 9.17) is 14.2 Å². The normalized spacial score (nSPS) is 15.3. The summed E-state index contributed by atoms with van der Waals surface area (Å²) in [6.45, 7) is 3.66. The summed E-state index contributed by atoms with van der Waals surface area (Å²) >= 11 is 0. The van der Waals surface area contributed by atoms with Gasteiger partial charge in [-0.3, -0.25) is 0 Å². The summed E-state index contributed by atoms with van der Waals surface area (Å²) < 4.78 is 15.2. The lowest BCUT2D eigenvalue weighted by molar-refractivity contribution is 0.0539. The van der Waals surface area contributed by atoms with Crippen molar-refractivity contribution in [3.63, 3.8) is 0 Å². The number of ether oxygens (including phenoxy) is 3. The van der Waals surface area contributed by atoms with Crippen molar-refractivity contribution in [1.29, 1.82) is 0 Å². The molecule has 1 aromatic rings. The highest BCUT2D eigenvalue weighted by atomic mass is 16.7. The van der Waals surface area contributed by atoms with E-state index in [-0.39, 0.29) is 13.2 Å². The van der Waals surface area contributed by atoms with Gasteiger partial charge in [0.2, 0.25) is 0 Å². The molecule has 0 aromatic heterocycles. The Kier molecular flexibility index (Phi) is 5.92. The van der Waals surface area contributed by atoms with Crippen molar-refractivity contribution >= 4 is 6.16 Å². The molecule has 0 radical (unpaired) electrons. The molecule has 0 atom stereocenters. The number of carbonyl (C=O) groups is 1. The van der Waals surface area contributed by atoms with Crippen LogP contribution in [0.5, 0.6) is 0 Å². The molecular weight excluding hydrogens is 258 g/mol. The molecule has 0 aliphatic carbocycles. The predicted molar refractivity (Wildman–Crippen MR) is 74.1 cm³/mol. The summed E-state index contributed by atoms with van der Waals surface area (Å²) in [5.74, 6) is 0. The van der Waals surface area contributed by atoms with Crippen LogP contribution in [0.15, 0.2) is 42.6 Å². The molecule has 5 nitrogen and oxygen atoms in total. The maximum atomic E-state index is 11.4. The monoisotopic (exact) mass is 277 g/mol. The Hall–Kier alpha value is -2.01. The van der Waals surface area contributed by atoms with Gasteiger partial charge in [0.25, 0.3) is 0 Å². The van der Waals surface area contributed by atoms with E-state index in [0.717, 1.165) is 31.9 Å². The van der Waals surface area contributed by atoms with E-state index in [1.165, 1.54) is 0 Å². The van der Waals surface area contributed by atoms with Gasteiger partial charge in [-0.15, -0.1) is 0 Å². The van der Waals surface area contributed by atoms with Gasteiger partial charge in [-0.05, 0) is 17.8 Å². The number of nitrogens with zero attached hydrogens (tertiary/aromatic N) is 1. The Bertz CT molecular complexity index is 427. The van der Waals surface area contributed by atoms with Crippen molar-refractivity contribution in [2.24, 2.45) is 0 Å². The number of hydrogen-bond acceptors (Lipinski definition) is 5. The molecule has 1 heterocycles. The smallest absolute Gasteiger partial charge is 0.430 e. The van der Waals surface area contributed by atoms with Gasteiger partial charge in [0, 0.05) is 13.1 Å². The summed E-state index contributed by atoms with van der Waals surface area (Å²) in [6, 6.07) is 9.50. The van der Waals surface area contributed by atoms with Gasteiger partial charge in [0.1, 0.15) is 13.2 Å². The molecule has 1 aliphatic heterocycles. The molecule has 0 bridgehead atoms. The molecule has 1 aromatic carbocycles. The van der Waals surface area contributed by atoms with Crippen LogP contribution in [0, 0.1) is 0 Å². The molecule has 0 saturated carbocycles. The summed E-state index contributed by atoms with van der Waals surface area (Å²) in [5, 5.41) is 0. The number of benzene rings is 1. The van der Waals surface area contributed by atoms with Crippen LogP contribution in [0.3, 0.4) is 0 Å². The predicted octanol–water partition coefficient (Wildman–Crippen LogP) is 2.19. The van der Waals surface area contributed by atoms with Gasteiger partial charge in [-0.25, -0.2) is 4.79 Å². The van der Waals surface area contributed by atoms with Crippen LogP contribution in [0.25, 0.3) is 0 Å². The fourth-order valence-corrected chi connectivity index (χ4v) is 1.79. The topological polar surface area (TPSA) is 48.0 Å². The maximum absolute atomic E-state index is 11.4. The number of rotatable bonds is 5. The van der Waals surface area contributed by atoms with E-state index in [2.05, 4.69) is 4.90 Å². The van der Waals surface area contributed by atoms with Crippen LogP contribution in [0.4, 0.5) is 4.79 Å². The highest BCUT2D eigenvalue weighted by Crippen LogP contribution is 2.02. The van der Waals surface area contributed by atoms with Crippen molar-refractivity contribution in [3.8, 4) is 0 Å². The number of hydrogen-bond donors (Lipinski definition) is 0. The first-order valence-electron chi connectivity index (χ1n) is 6.66. The van der Waals surface area contributed by atoms with E-state index < -0.39 is 6.16 Å². The molecule has 0 unspecified atom stereocenters. The lowest BCUT2D eigenvalue weighted by Gasteiger charge is -2.24. The first-order chi connectivity index (χ1) is 9.84. The average Bonchev–Trinajstić information content (AvgIpc) is 2.52. The Morgan fingerprint density at radius 3 is 2.70 bits per heavy atom. The van der Waals surface area contributed by atoms with Crippen LogP contribution >= 0.6 is 0 Å². The molecule has 2 rings (SSSR count). The van der Waals surface area contributed by atoms with Crippen molar-refractivity contribution in [2.45, 2.75) is 6.61 Å². The fraction of sp³-hybridized carbons (Fsp3) is 0.400. The van der Waals surface area contributed by atoms with Crippen LogP contribution in [-0.2, 0) is 20.8 Å². The van der Waals surface area contributed by atoms with Crippen molar-refractivity contribution in [2.75, 3.05) is 32.9 Å². The zero-order chi connectivity index (χ0) is 14.0. The zero-order valence-electron chi connectivity index (χ0n) is 11.4. The molecule has 5 heteroatoms. The first-order valence-corrected chi connectivity index (χ1v) is 6.66. The summed E-state index contributed by atoms with van der Waals surface area (Å²) in [5.41, 5.74) is 0.938. The van der Waals surface area contributed by atoms with Gasteiger partial charge in [-0.1, -0.05) is 30.3 Å². The van der Waals surface area contributed by atoms with E-state index in [1.807, 2.05) is 36.5 Å². The maximum Gasteiger partial charge on any atom is 0.508 e. The quantitative estimate of drug-likeness (QED) is 0.772. The van der Waals surface area contributed by atoms with Crippen molar-refractivity contribution < 1.29 is 19.0 Å². The molecule has 20 heavy (non-hydrogen) atoms. The Morgan fingerprint density at radius 2 is 1.95 bits per heavy atom. The van der Waals surface area contributed by atoms with Gasteiger partial charge in [-0.2, -0.15) is 0 Å². The lowest BCUT2D eigenvalue weighted by Crippen LogP contribution is -2.32. The van der Waals surface area contributed by atoms with E-state index >= 15 is 0 Å². The van der Waals surface area contributed by atoms with Gasteiger partial charge >= 0.3 is 6.16 Å².